The zero-order valence-electron chi connectivity index (χ0n) is 37.6. The van der Waals surface area contributed by atoms with Crippen LogP contribution in [0.2, 0.25) is 0 Å². The summed E-state index contributed by atoms with van der Waals surface area (Å²) in [7, 11) is 0. The number of para-hydroxylation sites is 3. The first-order chi connectivity index (χ1) is 34.2. The summed E-state index contributed by atoms with van der Waals surface area (Å²) >= 11 is 0. The zero-order chi connectivity index (χ0) is 45.4. The predicted molar refractivity (Wildman–Crippen MR) is 292 cm³/mol. The van der Waals surface area contributed by atoms with Gasteiger partial charge in [0.1, 0.15) is 11.2 Å². The van der Waals surface area contributed by atoms with E-state index in [1.807, 2.05) is 0 Å². The van der Waals surface area contributed by atoms with Crippen LogP contribution in [-0.2, 0) is 0 Å². The molecule has 3 heteroatoms. The van der Waals surface area contributed by atoms with Crippen LogP contribution in [0.4, 0.5) is 17.1 Å². The first kappa shape index (κ1) is 39.0. The molecule has 0 atom stereocenters. The van der Waals surface area contributed by atoms with Crippen LogP contribution in [0.15, 0.2) is 259 Å². The molecule has 69 heavy (non-hydrogen) atoms. The molecule has 0 aliphatic carbocycles. The van der Waals surface area contributed by atoms with Crippen molar-refractivity contribution in [3.05, 3.63) is 255 Å². The van der Waals surface area contributed by atoms with Crippen molar-refractivity contribution < 1.29 is 4.42 Å². The Labute approximate surface area is 399 Å². The van der Waals surface area contributed by atoms with Crippen LogP contribution in [0.1, 0.15) is 0 Å². The molecule has 12 aromatic carbocycles. The second-order valence-electron chi connectivity index (χ2n) is 18.0. The van der Waals surface area contributed by atoms with Crippen molar-refractivity contribution in [3.63, 3.8) is 0 Å². The molecule has 0 saturated heterocycles. The molecule has 0 spiro atoms. The fraction of sp³-hybridized carbons (Fsp3) is 0. The Morgan fingerprint density at radius 2 is 0.826 bits per heavy atom. The molecule has 14 rings (SSSR count). The highest BCUT2D eigenvalue weighted by Gasteiger charge is 2.20. The van der Waals surface area contributed by atoms with Gasteiger partial charge in [0, 0.05) is 60.8 Å². The van der Waals surface area contributed by atoms with Gasteiger partial charge in [-0.2, -0.15) is 0 Å². The number of hydrogen-bond donors (Lipinski definition) is 0. The van der Waals surface area contributed by atoms with Gasteiger partial charge >= 0.3 is 0 Å². The predicted octanol–water partition coefficient (Wildman–Crippen LogP) is 18.6. The Hall–Kier alpha value is -9.18. The second-order valence-corrected chi connectivity index (χ2v) is 18.0. The minimum absolute atomic E-state index is 0.887. The van der Waals surface area contributed by atoms with E-state index in [1.54, 1.807) is 0 Å². The first-order valence-electron chi connectivity index (χ1n) is 23.7. The summed E-state index contributed by atoms with van der Waals surface area (Å²) in [6.45, 7) is 0. The van der Waals surface area contributed by atoms with Crippen LogP contribution in [-0.4, -0.2) is 4.57 Å². The van der Waals surface area contributed by atoms with Crippen molar-refractivity contribution in [3.8, 4) is 39.1 Å². The fourth-order valence-corrected chi connectivity index (χ4v) is 10.9. The lowest BCUT2D eigenvalue weighted by Gasteiger charge is -2.27. The lowest BCUT2D eigenvalue weighted by atomic mass is 9.99. The monoisotopic (exact) mass is 878 g/mol. The largest absolute Gasteiger partial charge is 0.455 e. The normalized spacial score (nSPS) is 11.8. The Bertz CT molecular complexity index is 4300. The van der Waals surface area contributed by atoms with Crippen molar-refractivity contribution in [2.75, 3.05) is 4.90 Å². The third kappa shape index (κ3) is 6.36. The number of aromatic nitrogens is 1. The molecule has 3 nitrogen and oxygen atoms in total. The smallest absolute Gasteiger partial charge is 0.143 e. The SMILES string of the molecule is c1ccc(-c2cccc3c2oc2c(-c4cccc(N(c5ccc(-c6ccc7c8ccc9ccccc9c8n(-c8ccccc8)c7c6)cc5)c5ccc6c(ccc7ccccc76)c5)c4)cccc23)cc1. The second kappa shape index (κ2) is 15.7. The van der Waals surface area contributed by atoms with Crippen LogP contribution in [0.25, 0.3) is 115 Å². The number of rotatable bonds is 7. The number of fused-ring (bicyclic) bond motifs is 11. The van der Waals surface area contributed by atoms with Gasteiger partial charge in [0.2, 0.25) is 0 Å². The van der Waals surface area contributed by atoms with E-state index >= 15 is 0 Å². The van der Waals surface area contributed by atoms with E-state index in [9.17, 15) is 0 Å². The van der Waals surface area contributed by atoms with Gasteiger partial charge in [-0.15, -0.1) is 0 Å². The molecule has 0 bridgehead atoms. The van der Waals surface area contributed by atoms with Gasteiger partial charge in [-0.05, 0) is 104 Å². The minimum Gasteiger partial charge on any atom is -0.455 e. The molecule has 0 saturated carbocycles. The van der Waals surface area contributed by atoms with Gasteiger partial charge in [-0.3, -0.25) is 0 Å². The Balaban J connectivity index is 0.912. The van der Waals surface area contributed by atoms with Gasteiger partial charge in [0.05, 0.1) is 11.0 Å². The molecule has 0 aliphatic heterocycles. The summed E-state index contributed by atoms with van der Waals surface area (Å²) < 4.78 is 9.35. The Morgan fingerprint density at radius 3 is 1.61 bits per heavy atom. The molecule has 0 N–H and O–H groups in total. The molecule has 14 aromatic rings. The van der Waals surface area contributed by atoms with Crippen molar-refractivity contribution in [1.29, 1.82) is 0 Å². The first-order valence-corrected chi connectivity index (χ1v) is 23.7. The third-order valence-corrected chi connectivity index (χ3v) is 14.1. The van der Waals surface area contributed by atoms with Crippen LogP contribution in [0, 0.1) is 0 Å². The van der Waals surface area contributed by atoms with E-state index in [4.69, 9.17) is 4.42 Å². The summed E-state index contributed by atoms with van der Waals surface area (Å²) in [6, 6.07) is 92.4. The van der Waals surface area contributed by atoms with Gasteiger partial charge in [-0.25, -0.2) is 0 Å². The number of benzene rings is 12. The molecule has 0 unspecified atom stereocenters. The standard InChI is InChI=1S/C66H42N2O/c1-3-14-44(15-4-1)57-24-12-26-61-62-27-13-25-58(66(62)69-65(57)61)48-18-11-21-52(40-48)67(53-36-39-55-49(41-53)29-28-45-16-7-9-22-54(45)55)51-34-30-43(31-35-51)47-33-37-59-60-38-32-46-17-8-10-23-56(46)64(60)68(63(59)42-47)50-19-5-2-6-20-50/h1-42H. The van der Waals surface area contributed by atoms with E-state index in [-0.39, 0.29) is 0 Å². The molecular weight excluding hydrogens is 837 g/mol. The van der Waals surface area contributed by atoms with Crippen LogP contribution in [0.3, 0.4) is 0 Å². The van der Waals surface area contributed by atoms with E-state index < -0.39 is 0 Å². The van der Waals surface area contributed by atoms with Crippen molar-refractivity contribution in [2.24, 2.45) is 0 Å². The third-order valence-electron chi connectivity index (χ3n) is 14.1. The maximum absolute atomic E-state index is 6.91. The van der Waals surface area contributed by atoms with E-state index in [2.05, 4.69) is 264 Å². The number of anilines is 3. The topological polar surface area (TPSA) is 21.3 Å². The number of furan rings is 1. The molecule has 0 fully saturated rings. The summed E-state index contributed by atoms with van der Waals surface area (Å²) in [4.78, 5) is 2.38. The highest BCUT2D eigenvalue weighted by Crippen LogP contribution is 2.44. The molecule has 0 amide bonds. The zero-order valence-corrected chi connectivity index (χ0v) is 37.6. The summed E-state index contributed by atoms with van der Waals surface area (Å²) in [5.41, 5.74) is 15.3. The van der Waals surface area contributed by atoms with E-state index in [0.29, 0.717) is 0 Å². The maximum Gasteiger partial charge on any atom is 0.143 e. The van der Waals surface area contributed by atoms with Gasteiger partial charge in [0.15, 0.2) is 0 Å². The van der Waals surface area contributed by atoms with Crippen molar-refractivity contribution in [2.45, 2.75) is 0 Å². The van der Waals surface area contributed by atoms with Crippen LogP contribution < -0.4 is 4.90 Å². The van der Waals surface area contributed by atoms with E-state index in [1.165, 1.54) is 59.7 Å². The average Bonchev–Trinajstić information content (AvgIpc) is 3.98. The maximum atomic E-state index is 6.91. The van der Waals surface area contributed by atoms with Gasteiger partial charge < -0.3 is 13.9 Å². The Kier molecular flexibility index (Phi) is 8.90. The van der Waals surface area contributed by atoms with Crippen molar-refractivity contribution in [1.82, 2.24) is 4.57 Å². The number of hydrogen-bond acceptors (Lipinski definition) is 2. The summed E-state index contributed by atoms with van der Waals surface area (Å²) in [5.74, 6) is 0. The molecule has 2 aromatic heterocycles. The molecule has 322 valence electrons. The lowest BCUT2D eigenvalue weighted by Crippen LogP contribution is -2.10. The molecular formula is C66H42N2O. The minimum atomic E-state index is 0.887. The van der Waals surface area contributed by atoms with Crippen LogP contribution >= 0.6 is 0 Å². The summed E-state index contributed by atoms with van der Waals surface area (Å²) in [6.07, 6.45) is 0. The highest BCUT2D eigenvalue weighted by molar-refractivity contribution is 6.19. The molecule has 0 aliphatic rings. The van der Waals surface area contributed by atoms with Crippen LogP contribution in [0.5, 0.6) is 0 Å². The molecule has 2 heterocycles. The number of nitrogens with zero attached hydrogens (tertiary/aromatic N) is 2. The van der Waals surface area contributed by atoms with Gasteiger partial charge in [0.25, 0.3) is 0 Å². The van der Waals surface area contributed by atoms with Gasteiger partial charge in [-0.1, -0.05) is 200 Å². The summed E-state index contributed by atoms with van der Waals surface area (Å²) in [5, 5.41) is 12.1. The van der Waals surface area contributed by atoms with E-state index in [0.717, 1.165) is 72.5 Å². The average molecular weight is 879 g/mol. The fourth-order valence-electron chi connectivity index (χ4n) is 10.9. The Morgan fingerprint density at radius 1 is 0.290 bits per heavy atom. The lowest BCUT2D eigenvalue weighted by molar-refractivity contribution is 0.671. The molecule has 0 radical (unpaired) electrons. The quantitative estimate of drug-likeness (QED) is 0.149. The van der Waals surface area contributed by atoms with Crippen molar-refractivity contribution >= 4 is 93.1 Å². The highest BCUT2D eigenvalue weighted by atomic mass is 16.3.